The third-order valence-corrected chi connectivity index (χ3v) is 6.28. The Morgan fingerprint density at radius 2 is 1.76 bits per heavy atom. The molecule has 154 valence electrons. The number of hydrogen-bond acceptors (Lipinski definition) is 6. The van der Waals surface area contributed by atoms with Crippen molar-refractivity contribution in [3.8, 4) is 0 Å². The SMILES string of the molecule is CC(C)[C@H]1COC(c2ccccc2Nc2ccsc2C2=N[C@@H](C(C)(C)C)CO2)=N1. The van der Waals surface area contributed by atoms with E-state index in [1.54, 1.807) is 11.3 Å². The third-order valence-electron chi connectivity index (χ3n) is 5.38. The molecular weight excluding hydrogens is 382 g/mol. The van der Waals surface area contributed by atoms with E-state index < -0.39 is 0 Å². The van der Waals surface area contributed by atoms with Gasteiger partial charge in [0.25, 0.3) is 0 Å². The summed E-state index contributed by atoms with van der Waals surface area (Å²) in [5.41, 5.74) is 3.04. The summed E-state index contributed by atoms with van der Waals surface area (Å²) < 4.78 is 11.9. The molecule has 6 heteroatoms. The first-order chi connectivity index (χ1) is 13.8. The van der Waals surface area contributed by atoms with Crippen molar-refractivity contribution in [1.82, 2.24) is 0 Å². The molecule has 2 aliphatic heterocycles. The fourth-order valence-corrected chi connectivity index (χ4v) is 4.12. The highest BCUT2D eigenvalue weighted by Crippen LogP contribution is 2.34. The lowest BCUT2D eigenvalue weighted by molar-refractivity contribution is 0.236. The lowest BCUT2D eigenvalue weighted by atomic mass is 9.88. The van der Waals surface area contributed by atoms with Crippen molar-refractivity contribution < 1.29 is 9.47 Å². The number of benzene rings is 1. The van der Waals surface area contributed by atoms with Crippen LogP contribution in [0.3, 0.4) is 0 Å². The van der Waals surface area contributed by atoms with Crippen LogP contribution in [0.5, 0.6) is 0 Å². The second kappa shape index (κ2) is 7.82. The summed E-state index contributed by atoms with van der Waals surface area (Å²) in [6, 6.07) is 10.6. The van der Waals surface area contributed by atoms with Gasteiger partial charge in [0.05, 0.1) is 29.0 Å². The Labute approximate surface area is 176 Å². The molecule has 2 aliphatic rings. The van der Waals surface area contributed by atoms with Gasteiger partial charge in [0.15, 0.2) is 0 Å². The summed E-state index contributed by atoms with van der Waals surface area (Å²) in [7, 11) is 0. The van der Waals surface area contributed by atoms with Gasteiger partial charge in [-0.2, -0.15) is 0 Å². The number of hydrogen-bond donors (Lipinski definition) is 1. The van der Waals surface area contributed by atoms with Crippen LogP contribution in [0.25, 0.3) is 0 Å². The van der Waals surface area contributed by atoms with Gasteiger partial charge in [-0.15, -0.1) is 11.3 Å². The zero-order chi connectivity index (χ0) is 20.6. The van der Waals surface area contributed by atoms with E-state index in [1.807, 2.05) is 12.1 Å². The number of thiophene rings is 1. The zero-order valence-electron chi connectivity index (χ0n) is 17.7. The molecule has 4 rings (SSSR count). The smallest absolute Gasteiger partial charge is 0.229 e. The number of nitrogens with one attached hydrogen (secondary N) is 1. The average Bonchev–Trinajstić information content (AvgIpc) is 3.41. The van der Waals surface area contributed by atoms with Crippen LogP contribution in [0.4, 0.5) is 11.4 Å². The van der Waals surface area contributed by atoms with Gasteiger partial charge < -0.3 is 14.8 Å². The average molecular weight is 412 g/mol. The Morgan fingerprint density at radius 1 is 1.00 bits per heavy atom. The van der Waals surface area contributed by atoms with Crippen molar-refractivity contribution in [1.29, 1.82) is 0 Å². The molecule has 0 radical (unpaired) electrons. The maximum atomic E-state index is 5.96. The number of ether oxygens (including phenoxy) is 2. The minimum atomic E-state index is 0.0874. The Hall–Kier alpha value is -2.34. The molecule has 2 aromatic rings. The highest BCUT2D eigenvalue weighted by atomic mass is 32.1. The van der Waals surface area contributed by atoms with E-state index in [1.165, 1.54) is 0 Å². The summed E-state index contributed by atoms with van der Waals surface area (Å²) in [5.74, 6) is 1.91. The van der Waals surface area contributed by atoms with Gasteiger partial charge >= 0.3 is 0 Å². The minimum absolute atomic E-state index is 0.0874. The van der Waals surface area contributed by atoms with Crippen LogP contribution in [0.1, 0.15) is 45.1 Å². The van der Waals surface area contributed by atoms with E-state index >= 15 is 0 Å². The molecule has 0 unspecified atom stereocenters. The van der Waals surface area contributed by atoms with Crippen LogP contribution in [0, 0.1) is 11.3 Å². The molecule has 2 atom stereocenters. The predicted molar refractivity (Wildman–Crippen MR) is 121 cm³/mol. The number of rotatable bonds is 5. The van der Waals surface area contributed by atoms with Crippen molar-refractivity contribution >= 4 is 34.5 Å². The van der Waals surface area contributed by atoms with Gasteiger partial charge in [-0.3, -0.25) is 0 Å². The monoisotopic (exact) mass is 411 g/mol. The fourth-order valence-electron chi connectivity index (χ4n) is 3.32. The van der Waals surface area contributed by atoms with E-state index in [4.69, 9.17) is 19.5 Å². The Kier molecular flexibility index (Phi) is 5.38. The van der Waals surface area contributed by atoms with Gasteiger partial charge in [0, 0.05) is 0 Å². The Bertz CT molecular complexity index is 940. The van der Waals surface area contributed by atoms with E-state index in [0.717, 1.165) is 27.7 Å². The summed E-state index contributed by atoms with van der Waals surface area (Å²) in [6.45, 7) is 12.2. The molecule has 0 aliphatic carbocycles. The van der Waals surface area contributed by atoms with E-state index in [-0.39, 0.29) is 17.5 Å². The first kappa shape index (κ1) is 20.0. The maximum Gasteiger partial charge on any atom is 0.229 e. The van der Waals surface area contributed by atoms with Crippen molar-refractivity contribution in [3.63, 3.8) is 0 Å². The van der Waals surface area contributed by atoms with Crippen molar-refractivity contribution in [3.05, 3.63) is 46.2 Å². The van der Waals surface area contributed by atoms with Crippen LogP contribution >= 0.6 is 11.3 Å². The second-order valence-corrected chi connectivity index (χ2v) is 9.93. The van der Waals surface area contributed by atoms with Crippen LogP contribution in [0.2, 0.25) is 0 Å². The standard InChI is InChI=1S/C23H29N3O2S/c1-14(2)18-12-27-21(25-18)15-8-6-7-9-16(15)24-17-10-11-29-20(17)22-26-19(13-28-22)23(3,4)5/h6-11,14,18-19,24H,12-13H2,1-5H3/t18-,19-/m1/s1. The first-order valence-electron chi connectivity index (χ1n) is 10.2. The van der Waals surface area contributed by atoms with E-state index in [0.29, 0.717) is 25.0 Å². The molecule has 0 amide bonds. The summed E-state index contributed by atoms with van der Waals surface area (Å²) >= 11 is 1.64. The zero-order valence-corrected chi connectivity index (χ0v) is 18.5. The first-order valence-corrected chi connectivity index (χ1v) is 11.1. The molecule has 1 aromatic carbocycles. The van der Waals surface area contributed by atoms with Gasteiger partial charge in [-0.1, -0.05) is 46.8 Å². The minimum Gasteiger partial charge on any atom is -0.475 e. The normalized spacial score (nSPS) is 21.6. The number of para-hydroxylation sites is 1. The topological polar surface area (TPSA) is 55.2 Å². The third kappa shape index (κ3) is 4.17. The molecule has 0 saturated carbocycles. The number of nitrogens with zero attached hydrogens (tertiary/aromatic N) is 2. The van der Waals surface area contributed by atoms with Gasteiger partial charge in [0.1, 0.15) is 18.1 Å². The second-order valence-electron chi connectivity index (χ2n) is 9.02. The molecule has 0 saturated heterocycles. The summed E-state index contributed by atoms with van der Waals surface area (Å²) in [5, 5.41) is 5.63. The quantitative estimate of drug-likeness (QED) is 0.708. The summed E-state index contributed by atoms with van der Waals surface area (Å²) in [6.07, 6.45) is 0. The maximum absolute atomic E-state index is 5.96. The van der Waals surface area contributed by atoms with Gasteiger partial charge in [-0.25, -0.2) is 9.98 Å². The molecule has 3 heterocycles. The van der Waals surface area contributed by atoms with Crippen LogP contribution in [-0.2, 0) is 9.47 Å². The molecule has 1 N–H and O–H groups in total. The fraction of sp³-hybridized carbons (Fsp3) is 0.478. The molecule has 1 aromatic heterocycles. The highest BCUT2D eigenvalue weighted by molar-refractivity contribution is 7.12. The number of anilines is 2. The lowest BCUT2D eigenvalue weighted by Gasteiger charge is -2.21. The molecule has 5 nitrogen and oxygen atoms in total. The van der Waals surface area contributed by atoms with Crippen LogP contribution in [-0.4, -0.2) is 37.1 Å². The molecular formula is C23H29N3O2S. The van der Waals surface area contributed by atoms with Gasteiger partial charge in [0.2, 0.25) is 11.8 Å². The van der Waals surface area contributed by atoms with E-state index in [2.05, 4.69) is 63.5 Å². The Balaban J connectivity index is 1.60. The highest BCUT2D eigenvalue weighted by Gasteiger charge is 2.32. The lowest BCUT2D eigenvalue weighted by Crippen LogP contribution is -2.25. The Morgan fingerprint density at radius 3 is 2.45 bits per heavy atom. The van der Waals surface area contributed by atoms with Crippen molar-refractivity contribution in [2.75, 3.05) is 18.5 Å². The van der Waals surface area contributed by atoms with Crippen molar-refractivity contribution in [2.45, 2.75) is 46.7 Å². The molecule has 0 spiro atoms. The molecule has 0 fully saturated rings. The van der Waals surface area contributed by atoms with E-state index in [9.17, 15) is 0 Å². The largest absolute Gasteiger partial charge is 0.475 e. The van der Waals surface area contributed by atoms with Gasteiger partial charge in [-0.05, 0) is 34.9 Å². The summed E-state index contributed by atoms with van der Waals surface area (Å²) in [4.78, 5) is 10.7. The molecule has 29 heavy (non-hydrogen) atoms. The number of aliphatic imine (C=N–C) groups is 2. The predicted octanol–water partition coefficient (Wildman–Crippen LogP) is 5.48. The van der Waals surface area contributed by atoms with Crippen LogP contribution in [0.15, 0.2) is 45.7 Å². The molecule has 0 bridgehead atoms. The van der Waals surface area contributed by atoms with Crippen molar-refractivity contribution in [2.24, 2.45) is 21.3 Å². The van der Waals surface area contributed by atoms with Crippen LogP contribution < -0.4 is 5.32 Å².